The first kappa shape index (κ1) is 74.8. The number of esters is 3. The van der Waals surface area contributed by atoms with Crippen LogP contribution in [0.4, 0.5) is 0 Å². The number of allylic oxidation sites excluding steroid dienone is 19. The van der Waals surface area contributed by atoms with Gasteiger partial charge in [0.05, 0.1) is 6.42 Å². The highest BCUT2D eigenvalue weighted by Crippen LogP contribution is 2.17. The van der Waals surface area contributed by atoms with E-state index in [2.05, 4.69) is 130 Å². The summed E-state index contributed by atoms with van der Waals surface area (Å²) in [5, 5.41) is 0. The molecule has 0 radical (unpaired) electrons. The molecule has 0 N–H and O–H groups in total. The van der Waals surface area contributed by atoms with Crippen LogP contribution in [0.1, 0.15) is 303 Å². The molecular formula is C73H122O6. The Morgan fingerprint density at radius 3 is 0.886 bits per heavy atom. The molecule has 0 saturated heterocycles. The summed E-state index contributed by atoms with van der Waals surface area (Å²) in [5.74, 6) is -1.08. The van der Waals surface area contributed by atoms with Gasteiger partial charge in [0.2, 0.25) is 0 Å². The van der Waals surface area contributed by atoms with Crippen molar-refractivity contribution >= 4 is 17.9 Å². The molecule has 6 nitrogen and oxygen atoms in total. The lowest BCUT2D eigenvalue weighted by Crippen LogP contribution is -2.30. The maximum absolute atomic E-state index is 12.9. The number of rotatable bonds is 59. The van der Waals surface area contributed by atoms with Gasteiger partial charge in [0, 0.05) is 12.8 Å². The van der Waals surface area contributed by atoms with Crippen molar-refractivity contribution in [1.29, 1.82) is 0 Å². The smallest absolute Gasteiger partial charge is 0.309 e. The summed E-state index contributed by atoms with van der Waals surface area (Å²) in [6.07, 6.45) is 92.5. The first-order valence-corrected chi connectivity index (χ1v) is 33.0. The molecule has 79 heavy (non-hydrogen) atoms. The van der Waals surface area contributed by atoms with E-state index < -0.39 is 12.1 Å². The molecule has 0 aromatic heterocycles. The zero-order chi connectivity index (χ0) is 57.1. The highest BCUT2D eigenvalue weighted by atomic mass is 16.6. The van der Waals surface area contributed by atoms with Crippen LogP contribution >= 0.6 is 0 Å². The third-order valence-corrected chi connectivity index (χ3v) is 14.0. The van der Waals surface area contributed by atoms with Crippen LogP contribution < -0.4 is 0 Å². The Morgan fingerprint density at radius 2 is 0.544 bits per heavy atom. The highest BCUT2D eigenvalue weighted by molar-refractivity contribution is 5.72. The van der Waals surface area contributed by atoms with E-state index in [1.54, 1.807) is 6.08 Å². The zero-order valence-corrected chi connectivity index (χ0v) is 51.6. The molecule has 0 aliphatic carbocycles. The molecular weight excluding hydrogens is 973 g/mol. The predicted molar refractivity (Wildman–Crippen MR) is 343 cm³/mol. The van der Waals surface area contributed by atoms with Gasteiger partial charge in [0.1, 0.15) is 13.2 Å². The van der Waals surface area contributed by atoms with Crippen LogP contribution in [0.2, 0.25) is 0 Å². The van der Waals surface area contributed by atoms with E-state index >= 15 is 0 Å². The molecule has 0 aromatic rings. The van der Waals surface area contributed by atoms with Crippen molar-refractivity contribution in [1.82, 2.24) is 0 Å². The monoisotopic (exact) mass is 1090 g/mol. The molecule has 1 unspecified atom stereocenters. The Morgan fingerprint density at radius 1 is 0.278 bits per heavy atom. The summed E-state index contributed by atoms with van der Waals surface area (Å²) in [7, 11) is 0. The Labute approximate surface area is 488 Å². The Kier molecular flexibility index (Phi) is 62.8. The summed E-state index contributed by atoms with van der Waals surface area (Å²) in [6, 6.07) is 0. The SMILES string of the molecule is CC/C=C\C/C=C\C/C=C\C/C=C\C/C=C\CCCCCC(=O)OC(COC(=O)C/C=C\C/C=C\C/C=C\C/C=C\C/C=C\CC)COC(=O)CCCCCCCCCCCCCCCCCCCCCCCCCCCCC. The molecule has 450 valence electrons. The molecule has 0 bridgehead atoms. The number of unbranched alkanes of at least 4 members (excludes halogenated alkanes) is 29. The second kappa shape index (κ2) is 66.3. The number of ether oxygens (including phenoxy) is 3. The second-order valence-corrected chi connectivity index (χ2v) is 21.6. The lowest BCUT2D eigenvalue weighted by molar-refractivity contribution is -0.166. The fourth-order valence-corrected chi connectivity index (χ4v) is 9.13. The van der Waals surface area contributed by atoms with Crippen molar-refractivity contribution in [3.8, 4) is 0 Å². The Balaban J connectivity index is 4.39. The fourth-order valence-electron chi connectivity index (χ4n) is 9.13. The third-order valence-electron chi connectivity index (χ3n) is 14.0. The third kappa shape index (κ3) is 64.5. The first-order valence-electron chi connectivity index (χ1n) is 33.0. The van der Waals surface area contributed by atoms with Crippen LogP contribution in [0.3, 0.4) is 0 Å². The molecule has 0 fully saturated rings. The van der Waals surface area contributed by atoms with Crippen LogP contribution in [0.15, 0.2) is 122 Å². The van der Waals surface area contributed by atoms with Crippen molar-refractivity contribution in [2.45, 2.75) is 309 Å². The standard InChI is InChI=1S/C73H122O6/c1-4-7-10-13-16-19-22-25-28-30-32-33-34-35-36-37-38-39-41-42-45-48-51-54-57-60-63-66-72(75)78-69-70(68-77-71(74)65-62-59-56-53-50-47-44-27-24-21-18-15-12-9-6-3)79-73(76)67-64-61-58-55-52-49-46-43-40-31-29-26-23-20-17-14-11-8-5-2/h8-9,11-12,17-18,20-21,26-27,29,40,43-44,49-50,52-53,59,62,70H,4-7,10,13-16,19,22-25,28,30-39,41-42,45-48,51,54-58,60-61,63-69H2,1-3H3/b11-8-,12-9-,20-17-,21-18-,29-26-,43-40-,44-27-,52-49-,53-50-,62-59-. The van der Waals surface area contributed by atoms with Crippen molar-refractivity contribution in [3.63, 3.8) is 0 Å². The average molecular weight is 1100 g/mol. The number of carbonyl (C=O) groups is 3. The summed E-state index contributed by atoms with van der Waals surface area (Å²) in [6.45, 7) is 6.32. The quantitative estimate of drug-likeness (QED) is 0.0261. The van der Waals surface area contributed by atoms with E-state index in [0.717, 1.165) is 103 Å². The minimum absolute atomic E-state index is 0.117. The number of carbonyl (C=O) groups excluding carboxylic acids is 3. The van der Waals surface area contributed by atoms with E-state index in [1.807, 2.05) is 6.08 Å². The largest absolute Gasteiger partial charge is 0.462 e. The number of hydrogen-bond donors (Lipinski definition) is 0. The van der Waals surface area contributed by atoms with Gasteiger partial charge in [-0.1, -0.05) is 316 Å². The van der Waals surface area contributed by atoms with Gasteiger partial charge in [-0.3, -0.25) is 14.4 Å². The Bertz CT molecular complexity index is 1640. The molecule has 0 rings (SSSR count). The van der Waals surface area contributed by atoms with Gasteiger partial charge < -0.3 is 14.2 Å². The number of hydrogen-bond acceptors (Lipinski definition) is 6. The zero-order valence-electron chi connectivity index (χ0n) is 51.6. The van der Waals surface area contributed by atoms with Crippen molar-refractivity contribution in [3.05, 3.63) is 122 Å². The average Bonchev–Trinajstić information content (AvgIpc) is 3.45. The van der Waals surface area contributed by atoms with Crippen LogP contribution in [0.25, 0.3) is 0 Å². The summed E-state index contributed by atoms with van der Waals surface area (Å²) >= 11 is 0. The summed E-state index contributed by atoms with van der Waals surface area (Å²) < 4.78 is 16.8. The normalized spacial score (nSPS) is 12.9. The van der Waals surface area contributed by atoms with Crippen molar-refractivity contribution < 1.29 is 28.6 Å². The van der Waals surface area contributed by atoms with E-state index in [0.29, 0.717) is 12.8 Å². The molecule has 0 aromatic carbocycles. The lowest BCUT2D eigenvalue weighted by Gasteiger charge is -2.18. The summed E-state index contributed by atoms with van der Waals surface area (Å²) in [4.78, 5) is 38.3. The predicted octanol–water partition coefficient (Wildman–Crippen LogP) is 22.8. The van der Waals surface area contributed by atoms with Crippen LogP contribution in [-0.2, 0) is 28.6 Å². The van der Waals surface area contributed by atoms with Gasteiger partial charge >= 0.3 is 17.9 Å². The van der Waals surface area contributed by atoms with Crippen LogP contribution in [0.5, 0.6) is 0 Å². The van der Waals surface area contributed by atoms with E-state index in [4.69, 9.17) is 14.2 Å². The maximum atomic E-state index is 12.9. The van der Waals surface area contributed by atoms with Crippen LogP contribution in [0, 0.1) is 0 Å². The van der Waals surface area contributed by atoms with E-state index in [9.17, 15) is 14.4 Å². The molecule has 0 saturated carbocycles. The topological polar surface area (TPSA) is 78.9 Å². The molecule has 1 atom stereocenters. The highest BCUT2D eigenvalue weighted by Gasteiger charge is 2.19. The molecule has 0 spiro atoms. The fraction of sp³-hybridized carbons (Fsp3) is 0.685. The minimum atomic E-state index is -0.839. The Hall–Kier alpha value is -4.19. The van der Waals surface area contributed by atoms with Gasteiger partial charge in [0.25, 0.3) is 0 Å². The molecule has 0 amide bonds. The van der Waals surface area contributed by atoms with Gasteiger partial charge in [-0.05, 0) is 89.9 Å². The van der Waals surface area contributed by atoms with Crippen molar-refractivity contribution in [2.75, 3.05) is 13.2 Å². The summed E-state index contributed by atoms with van der Waals surface area (Å²) in [5.41, 5.74) is 0. The molecule has 6 heteroatoms. The second-order valence-electron chi connectivity index (χ2n) is 21.6. The van der Waals surface area contributed by atoms with Gasteiger partial charge in [-0.25, -0.2) is 0 Å². The van der Waals surface area contributed by atoms with Gasteiger partial charge in [-0.15, -0.1) is 0 Å². The van der Waals surface area contributed by atoms with Crippen molar-refractivity contribution in [2.24, 2.45) is 0 Å². The lowest BCUT2D eigenvalue weighted by atomic mass is 10.0. The molecule has 0 heterocycles. The van der Waals surface area contributed by atoms with E-state index in [-0.39, 0.29) is 38.0 Å². The molecule has 0 aliphatic heterocycles. The minimum Gasteiger partial charge on any atom is -0.462 e. The molecule has 0 aliphatic rings. The van der Waals surface area contributed by atoms with Gasteiger partial charge in [-0.2, -0.15) is 0 Å². The first-order chi connectivity index (χ1) is 39.0. The maximum Gasteiger partial charge on any atom is 0.309 e. The van der Waals surface area contributed by atoms with Gasteiger partial charge in [0.15, 0.2) is 6.10 Å². The van der Waals surface area contributed by atoms with E-state index in [1.165, 1.54) is 154 Å². The van der Waals surface area contributed by atoms with Crippen LogP contribution in [-0.4, -0.2) is 37.2 Å².